The van der Waals surface area contributed by atoms with Gasteiger partial charge in [-0.05, 0) is 25.2 Å². The first kappa shape index (κ1) is 17.0. The molecule has 0 spiro atoms. The zero-order valence-corrected chi connectivity index (χ0v) is 14.0. The molecule has 1 N–H and O–H groups in total. The van der Waals surface area contributed by atoms with Crippen LogP contribution in [0.1, 0.15) is 53.4 Å². The highest BCUT2D eigenvalue weighted by Gasteiger charge is 2.24. The lowest BCUT2D eigenvalue weighted by atomic mass is 9.80. The van der Waals surface area contributed by atoms with E-state index in [1.54, 1.807) is 0 Å². The first-order valence-corrected chi connectivity index (χ1v) is 7.89. The van der Waals surface area contributed by atoms with Crippen LogP contribution in [0.25, 0.3) is 0 Å². The molecule has 0 saturated carbocycles. The van der Waals surface area contributed by atoms with Crippen molar-refractivity contribution in [1.82, 2.24) is 14.8 Å². The SMILES string of the molecule is CC(C)n1c(CC(C)C(C)(C)C)nnc1SCC(=O)O. The fourth-order valence-electron chi connectivity index (χ4n) is 1.77. The van der Waals surface area contributed by atoms with Crippen LogP contribution in [-0.2, 0) is 11.2 Å². The summed E-state index contributed by atoms with van der Waals surface area (Å²) in [6.07, 6.45) is 0.850. The third kappa shape index (κ3) is 4.51. The van der Waals surface area contributed by atoms with Crippen LogP contribution in [0, 0.1) is 11.3 Å². The maximum atomic E-state index is 10.7. The molecule has 0 aliphatic heterocycles. The third-order valence-corrected chi connectivity index (χ3v) is 4.47. The number of carboxylic acid groups (broad SMARTS) is 1. The standard InChI is InChI=1S/C14H25N3O2S/c1-9(2)17-11(7-10(3)14(4,5)6)15-16-13(17)20-8-12(18)19/h9-10H,7-8H2,1-6H3,(H,18,19). The van der Waals surface area contributed by atoms with Crippen LogP contribution in [0.2, 0.25) is 0 Å². The average Bonchev–Trinajstić information content (AvgIpc) is 2.68. The Morgan fingerprint density at radius 1 is 1.30 bits per heavy atom. The predicted molar refractivity (Wildman–Crippen MR) is 81.1 cm³/mol. The van der Waals surface area contributed by atoms with E-state index in [0.717, 1.165) is 12.2 Å². The lowest BCUT2D eigenvalue weighted by Crippen LogP contribution is -2.22. The number of hydrogen-bond donors (Lipinski definition) is 1. The monoisotopic (exact) mass is 299 g/mol. The summed E-state index contributed by atoms with van der Waals surface area (Å²) in [6, 6.07) is 0.225. The molecule has 1 aromatic heterocycles. The van der Waals surface area contributed by atoms with Crippen LogP contribution >= 0.6 is 11.8 Å². The zero-order chi connectivity index (χ0) is 15.5. The quantitative estimate of drug-likeness (QED) is 0.817. The summed E-state index contributed by atoms with van der Waals surface area (Å²) in [5, 5.41) is 17.9. The number of nitrogens with zero attached hydrogens (tertiary/aromatic N) is 3. The Balaban J connectivity index is 2.94. The summed E-state index contributed by atoms with van der Waals surface area (Å²) in [6.45, 7) is 13.0. The first-order valence-electron chi connectivity index (χ1n) is 6.91. The number of thioether (sulfide) groups is 1. The van der Waals surface area contributed by atoms with Crippen molar-refractivity contribution in [1.29, 1.82) is 0 Å². The minimum Gasteiger partial charge on any atom is -0.481 e. The normalized spacial score (nSPS) is 13.8. The maximum Gasteiger partial charge on any atom is 0.313 e. The van der Waals surface area contributed by atoms with Crippen LogP contribution in [0.5, 0.6) is 0 Å². The molecular weight excluding hydrogens is 274 g/mol. The van der Waals surface area contributed by atoms with Crippen molar-refractivity contribution in [3.05, 3.63) is 5.82 Å². The van der Waals surface area contributed by atoms with Crippen molar-refractivity contribution >= 4 is 17.7 Å². The van der Waals surface area contributed by atoms with Gasteiger partial charge in [0.05, 0.1) is 5.75 Å². The van der Waals surface area contributed by atoms with Crippen molar-refractivity contribution in [3.8, 4) is 0 Å². The third-order valence-electron chi connectivity index (χ3n) is 3.54. The van der Waals surface area contributed by atoms with Crippen molar-refractivity contribution in [3.63, 3.8) is 0 Å². The second-order valence-electron chi connectivity index (χ2n) is 6.52. The molecule has 0 aliphatic carbocycles. The van der Waals surface area contributed by atoms with Gasteiger partial charge < -0.3 is 9.67 Å². The van der Waals surface area contributed by atoms with Crippen molar-refractivity contribution in [2.45, 2.75) is 59.2 Å². The van der Waals surface area contributed by atoms with Gasteiger partial charge in [-0.1, -0.05) is 39.5 Å². The Morgan fingerprint density at radius 3 is 2.35 bits per heavy atom. The van der Waals surface area contributed by atoms with Gasteiger partial charge in [0, 0.05) is 12.5 Å². The number of hydrogen-bond acceptors (Lipinski definition) is 4. The molecule has 1 rings (SSSR count). The minimum atomic E-state index is -0.835. The molecule has 0 fully saturated rings. The summed E-state index contributed by atoms with van der Waals surface area (Å²) in [5.74, 6) is 0.592. The molecule has 0 saturated heterocycles. The smallest absolute Gasteiger partial charge is 0.313 e. The molecule has 114 valence electrons. The van der Waals surface area contributed by atoms with Gasteiger partial charge in [0.1, 0.15) is 5.82 Å². The summed E-state index contributed by atoms with van der Waals surface area (Å²) in [4.78, 5) is 10.7. The van der Waals surface area contributed by atoms with E-state index in [-0.39, 0.29) is 17.2 Å². The fraction of sp³-hybridized carbons (Fsp3) is 0.786. The Bertz CT molecular complexity index is 463. The van der Waals surface area contributed by atoms with E-state index in [9.17, 15) is 4.79 Å². The van der Waals surface area contributed by atoms with E-state index in [0.29, 0.717) is 11.1 Å². The van der Waals surface area contributed by atoms with Crippen LogP contribution in [0.15, 0.2) is 5.16 Å². The van der Waals surface area contributed by atoms with Crippen molar-refractivity contribution in [2.75, 3.05) is 5.75 Å². The van der Waals surface area contributed by atoms with Gasteiger partial charge in [0.2, 0.25) is 0 Å². The summed E-state index contributed by atoms with van der Waals surface area (Å²) in [5.41, 5.74) is 0.210. The van der Waals surface area contributed by atoms with Gasteiger partial charge >= 0.3 is 5.97 Å². The first-order chi connectivity index (χ1) is 9.12. The lowest BCUT2D eigenvalue weighted by Gasteiger charge is -2.27. The van der Waals surface area contributed by atoms with Gasteiger partial charge in [0.15, 0.2) is 5.16 Å². The van der Waals surface area contributed by atoms with Gasteiger partial charge in [-0.3, -0.25) is 4.79 Å². The highest BCUT2D eigenvalue weighted by molar-refractivity contribution is 7.99. The number of rotatable bonds is 6. The molecule has 0 aromatic carbocycles. The molecule has 5 nitrogen and oxygen atoms in total. The van der Waals surface area contributed by atoms with Crippen LogP contribution in [-0.4, -0.2) is 31.6 Å². The Kier molecular flexibility index (Phi) is 5.62. The topological polar surface area (TPSA) is 68.0 Å². The molecule has 20 heavy (non-hydrogen) atoms. The van der Waals surface area contributed by atoms with Crippen molar-refractivity contribution < 1.29 is 9.90 Å². The molecule has 0 amide bonds. The maximum absolute atomic E-state index is 10.7. The van der Waals surface area contributed by atoms with E-state index >= 15 is 0 Å². The number of carbonyl (C=O) groups is 1. The largest absolute Gasteiger partial charge is 0.481 e. The van der Waals surface area contributed by atoms with E-state index in [1.807, 2.05) is 0 Å². The fourth-order valence-corrected chi connectivity index (χ4v) is 2.58. The van der Waals surface area contributed by atoms with Crippen LogP contribution < -0.4 is 0 Å². The number of aliphatic carboxylic acids is 1. The number of carboxylic acids is 1. The van der Waals surface area contributed by atoms with E-state index in [2.05, 4.69) is 56.3 Å². The molecule has 1 heterocycles. The highest BCUT2D eigenvalue weighted by Crippen LogP contribution is 2.30. The highest BCUT2D eigenvalue weighted by atomic mass is 32.2. The van der Waals surface area contributed by atoms with Gasteiger partial charge in [0.25, 0.3) is 0 Å². The molecule has 0 bridgehead atoms. The minimum absolute atomic E-state index is 0.0136. The predicted octanol–water partition coefficient (Wildman–Crippen LogP) is 3.26. The van der Waals surface area contributed by atoms with Gasteiger partial charge in [-0.2, -0.15) is 0 Å². The van der Waals surface area contributed by atoms with Gasteiger partial charge in [-0.15, -0.1) is 10.2 Å². The Labute approximate surface area is 125 Å². The van der Waals surface area contributed by atoms with E-state index < -0.39 is 5.97 Å². The molecular formula is C14H25N3O2S. The second kappa shape index (κ2) is 6.61. The number of aromatic nitrogens is 3. The van der Waals surface area contributed by atoms with E-state index in [1.165, 1.54) is 11.8 Å². The van der Waals surface area contributed by atoms with Gasteiger partial charge in [-0.25, -0.2) is 0 Å². The summed E-state index contributed by atoms with van der Waals surface area (Å²) in [7, 11) is 0. The summed E-state index contributed by atoms with van der Waals surface area (Å²) < 4.78 is 2.05. The van der Waals surface area contributed by atoms with Crippen LogP contribution in [0.3, 0.4) is 0 Å². The molecule has 1 aromatic rings. The zero-order valence-electron chi connectivity index (χ0n) is 13.2. The molecule has 0 aliphatic rings. The Hall–Kier alpha value is -1.04. The summed E-state index contributed by atoms with van der Waals surface area (Å²) >= 11 is 1.23. The molecule has 6 heteroatoms. The lowest BCUT2D eigenvalue weighted by molar-refractivity contribution is -0.133. The second-order valence-corrected chi connectivity index (χ2v) is 7.46. The average molecular weight is 299 g/mol. The molecule has 1 atom stereocenters. The van der Waals surface area contributed by atoms with Crippen LogP contribution in [0.4, 0.5) is 0 Å². The molecule has 1 unspecified atom stereocenters. The van der Waals surface area contributed by atoms with E-state index in [4.69, 9.17) is 5.11 Å². The molecule has 0 radical (unpaired) electrons. The van der Waals surface area contributed by atoms with Crippen molar-refractivity contribution in [2.24, 2.45) is 11.3 Å². The Morgan fingerprint density at radius 2 is 1.90 bits per heavy atom.